The second-order valence-corrected chi connectivity index (χ2v) is 4.71. The van der Waals surface area contributed by atoms with Crippen LogP contribution in [0.2, 0.25) is 10.0 Å². The lowest BCUT2D eigenvalue weighted by Gasteiger charge is -2.15. The van der Waals surface area contributed by atoms with Crippen molar-refractivity contribution in [1.29, 1.82) is 0 Å². The molecule has 1 rings (SSSR count). The molecule has 0 amide bonds. The summed E-state index contributed by atoms with van der Waals surface area (Å²) in [5.74, 6) is 0.590. The molecule has 0 saturated carbocycles. The van der Waals surface area contributed by atoms with Gasteiger partial charge in [-0.2, -0.15) is 0 Å². The Morgan fingerprint density at radius 2 is 1.95 bits per heavy atom. The third-order valence-corrected chi connectivity index (χ3v) is 2.81. The van der Waals surface area contributed by atoms with Crippen LogP contribution in [-0.2, 0) is 0 Å². The van der Waals surface area contributed by atoms with Crippen molar-refractivity contribution in [3.8, 4) is 0 Å². The van der Waals surface area contributed by atoms with Crippen molar-refractivity contribution in [1.82, 2.24) is 10.6 Å². The summed E-state index contributed by atoms with van der Waals surface area (Å²) in [6.07, 6.45) is 0.999. The van der Waals surface area contributed by atoms with Crippen LogP contribution in [0.25, 0.3) is 0 Å². The van der Waals surface area contributed by atoms with E-state index < -0.39 is 6.10 Å². The fraction of sp³-hybridized carbons (Fsp3) is 0.308. The van der Waals surface area contributed by atoms with Crippen molar-refractivity contribution in [2.45, 2.75) is 6.10 Å². The summed E-state index contributed by atoms with van der Waals surface area (Å²) in [7, 11) is 1.65. The molecule has 1 unspecified atom stereocenters. The van der Waals surface area contributed by atoms with E-state index in [9.17, 15) is 5.11 Å². The van der Waals surface area contributed by atoms with Gasteiger partial charge in [0.15, 0.2) is 5.96 Å². The summed E-state index contributed by atoms with van der Waals surface area (Å²) in [5.41, 5.74) is 0.657. The molecule has 1 atom stereocenters. The van der Waals surface area contributed by atoms with E-state index in [1.165, 1.54) is 0 Å². The number of rotatable bonds is 5. The Morgan fingerprint density at radius 3 is 2.45 bits per heavy atom. The minimum Gasteiger partial charge on any atom is -0.387 e. The zero-order valence-electron chi connectivity index (χ0n) is 11.1. The lowest BCUT2D eigenvalue weighted by molar-refractivity contribution is 0.181. The van der Waals surface area contributed by atoms with Gasteiger partial charge in [0.2, 0.25) is 0 Å². The third-order valence-electron chi connectivity index (χ3n) is 2.37. The molecule has 112 valence electrons. The zero-order valence-corrected chi connectivity index (χ0v) is 14.9. The van der Waals surface area contributed by atoms with Crippen molar-refractivity contribution in [2.24, 2.45) is 4.99 Å². The Labute approximate surface area is 146 Å². The number of nitrogens with one attached hydrogen (secondary N) is 2. The SMILES string of the molecule is C=CCNC(=NC)NCC(O)c1cc(Cl)cc(Cl)c1.I. The second kappa shape index (κ2) is 10.3. The first-order valence-corrected chi connectivity index (χ1v) is 6.52. The molecule has 0 fully saturated rings. The van der Waals surface area contributed by atoms with Crippen molar-refractivity contribution in [3.63, 3.8) is 0 Å². The van der Waals surface area contributed by atoms with E-state index in [1.807, 2.05) is 0 Å². The maximum absolute atomic E-state index is 10.1. The number of aliphatic hydroxyl groups excluding tert-OH is 1. The van der Waals surface area contributed by atoms with E-state index in [2.05, 4.69) is 22.2 Å². The van der Waals surface area contributed by atoms with Gasteiger partial charge >= 0.3 is 0 Å². The summed E-state index contributed by atoms with van der Waals surface area (Å²) < 4.78 is 0. The van der Waals surface area contributed by atoms with Gasteiger partial charge in [0.25, 0.3) is 0 Å². The van der Waals surface area contributed by atoms with Gasteiger partial charge < -0.3 is 15.7 Å². The van der Waals surface area contributed by atoms with Crippen LogP contribution in [0.1, 0.15) is 11.7 Å². The van der Waals surface area contributed by atoms with Crippen LogP contribution in [0.3, 0.4) is 0 Å². The molecule has 0 saturated heterocycles. The van der Waals surface area contributed by atoms with Crippen molar-refractivity contribution < 1.29 is 5.11 Å². The van der Waals surface area contributed by atoms with E-state index in [4.69, 9.17) is 23.2 Å². The number of aliphatic hydroxyl groups is 1. The van der Waals surface area contributed by atoms with Gasteiger partial charge in [-0.3, -0.25) is 4.99 Å². The van der Waals surface area contributed by atoms with Gasteiger partial charge in [-0.05, 0) is 23.8 Å². The van der Waals surface area contributed by atoms with Crippen LogP contribution < -0.4 is 10.6 Å². The number of hydrogen-bond acceptors (Lipinski definition) is 2. The Balaban J connectivity index is 0.00000361. The molecular weight excluding hydrogens is 412 g/mol. The van der Waals surface area contributed by atoms with Crippen LogP contribution >= 0.6 is 47.2 Å². The minimum atomic E-state index is -0.724. The fourth-order valence-electron chi connectivity index (χ4n) is 1.47. The average Bonchev–Trinajstić information content (AvgIpc) is 2.37. The number of aliphatic imine (C=N–C) groups is 1. The quantitative estimate of drug-likeness (QED) is 0.292. The maximum Gasteiger partial charge on any atom is 0.191 e. The van der Waals surface area contributed by atoms with E-state index in [0.29, 0.717) is 34.7 Å². The first kappa shape index (κ1) is 19.5. The largest absolute Gasteiger partial charge is 0.387 e. The Hall–Kier alpha value is -0.500. The molecule has 1 aromatic carbocycles. The molecular formula is C13H18Cl2IN3O. The highest BCUT2D eigenvalue weighted by Crippen LogP contribution is 2.23. The molecule has 0 aliphatic carbocycles. The van der Waals surface area contributed by atoms with Gasteiger partial charge in [-0.25, -0.2) is 0 Å². The van der Waals surface area contributed by atoms with Crippen LogP contribution in [-0.4, -0.2) is 31.2 Å². The van der Waals surface area contributed by atoms with E-state index in [1.54, 1.807) is 31.3 Å². The monoisotopic (exact) mass is 429 g/mol. The topological polar surface area (TPSA) is 56.7 Å². The highest BCUT2D eigenvalue weighted by atomic mass is 127. The normalized spacial score (nSPS) is 12.3. The van der Waals surface area contributed by atoms with Gasteiger partial charge in [-0.15, -0.1) is 30.6 Å². The minimum absolute atomic E-state index is 0. The molecule has 0 aliphatic heterocycles. The summed E-state index contributed by atoms with van der Waals surface area (Å²) >= 11 is 11.8. The molecule has 1 aromatic rings. The predicted molar refractivity (Wildman–Crippen MR) is 96.4 cm³/mol. The average molecular weight is 430 g/mol. The summed E-state index contributed by atoms with van der Waals surface area (Å²) in [4.78, 5) is 4.01. The van der Waals surface area contributed by atoms with Gasteiger partial charge in [0, 0.05) is 30.2 Å². The Morgan fingerprint density at radius 1 is 1.35 bits per heavy atom. The number of hydrogen-bond donors (Lipinski definition) is 3. The lowest BCUT2D eigenvalue weighted by Crippen LogP contribution is -2.39. The second-order valence-electron chi connectivity index (χ2n) is 3.84. The Kier molecular flexibility index (Phi) is 10.0. The number of guanidine groups is 1. The van der Waals surface area contributed by atoms with Crippen LogP contribution in [0.15, 0.2) is 35.8 Å². The molecule has 0 aliphatic rings. The van der Waals surface area contributed by atoms with Gasteiger partial charge in [-0.1, -0.05) is 29.3 Å². The zero-order chi connectivity index (χ0) is 14.3. The highest BCUT2D eigenvalue weighted by Gasteiger charge is 2.10. The fourth-order valence-corrected chi connectivity index (χ4v) is 2.01. The first-order chi connectivity index (χ1) is 9.06. The molecule has 0 aromatic heterocycles. The van der Waals surface area contributed by atoms with Crippen molar-refractivity contribution in [3.05, 3.63) is 46.5 Å². The van der Waals surface area contributed by atoms with Crippen molar-refractivity contribution >= 4 is 53.1 Å². The van der Waals surface area contributed by atoms with Crippen molar-refractivity contribution in [2.75, 3.05) is 20.1 Å². The summed E-state index contributed by atoms with van der Waals surface area (Å²) in [6, 6.07) is 4.98. The smallest absolute Gasteiger partial charge is 0.191 e. The third kappa shape index (κ3) is 6.78. The van der Waals surface area contributed by atoms with E-state index >= 15 is 0 Å². The first-order valence-electron chi connectivity index (χ1n) is 5.76. The molecule has 7 heteroatoms. The molecule has 0 bridgehead atoms. The van der Waals surface area contributed by atoms with E-state index in [0.717, 1.165) is 0 Å². The summed E-state index contributed by atoms with van der Waals surface area (Å²) in [6.45, 7) is 4.50. The van der Waals surface area contributed by atoms with Crippen LogP contribution in [0.4, 0.5) is 0 Å². The Bertz CT molecular complexity index is 449. The van der Waals surface area contributed by atoms with Gasteiger partial charge in [0.1, 0.15) is 0 Å². The number of halogens is 3. The molecule has 0 radical (unpaired) electrons. The standard InChI is InChI=1S/C13H17Cl2N3O.HI/c1-3-4-17-13(16-2)18-8-12(19)9-5-10(14)7-11(15)6-9;/h3,5-7,12,19H,1,4,8H2,2H3,(H2,16,17,18);1H. The molecule has 4 nitrogen and oxygen atoms in total. The number of nitrogens with zero attached hydrogens (tertiary/aromatic N) is 1. The highest BCUT2D eigenvalue weighted by molar-refractivity contribution is 14.0. The molecule has 0 heterocycles. The van der Waals surface area contributed by atoms with Crippen LogP contribution in [0.5, 0.6) is 0 Å². The van der Waals surface area contributed by atoms with Gasteiger partial charge in [0.05, 0.1) is 6.10 Å². The molecule has 3 N–H and O–H groups in total. The molecule has 20 heavy (non-hydrogen) atoms. The molecule has 0 spiro atoms. The predicted octanol–water partition coefficient (Wildman–Crippen LogP) is 3.00. The van der Waals surface area contributed by atoms with Crippen LogP contribution in [0, 0.1) is 0 Å². The number of benzene rings is 1. The summed E-state index contributed by atoms with van der Waals surface area (Å²) in [5, 5.41) is 17.1. The van der Waals surface area contributed by atoms with E-state index in [-0.39, 0.29) is 24.0 Å². The maximum atomic E-state index is 10.1. The lowest BCUT2D eigenvalue weighted by atomic mass is 10.1.